The monoisotopic (exact) mass is 473 g/mol. The molecular formula is C25H32FN3O3S. The van der Waals surface area contributed by atoms with Crippen molar-refractivity contribution in [1.29, 1.82) is 0 Å². The lowest BCUT2D eigenvalue weighted by atomic mass is 9.94. The van der Waals surface area contributed by atoms with Crippen LogP contribution in [0.1, 0.15) is 70.3 Å². The average Bonchev–Trinajstić information content (AvgIpc) is 3.06. The van der Waals surface area contributed by atoms with Gasteiger partial charge in [-0.1, -0.05) is 6.92 Å². The van der Waals surface area contributed by atoms with Crippen molar-refractivity contribution >= 4 is 35.0 Å². The summed E-state index contributed by atoms with van der Waals surface area (Å²) >= 11 is 1.85. The summed E-state index contributed by atoms with van der Waals surface area (Å²) in [6.45, 7) is 5.23. The van der Waals surface area contributed by atoms with E-state index in [0.29, 0.717) is 39.7 Å². The van der Waals surface area contributed by atoms with Gasteiger partial charge in [-0.3, -0.25) is 14.4 Å². The summed E-state index contributed by atoms with van der Waals surface area (Å²) in [5.74, 6) is -1.99. The quantitative estimate of drug-likeness (QED) is 0.456. The van der Waals surface area contributed by atoms with Crippen molar-refractivity contribution in [3.63, 3.8) is 0 Å². The number of nitrogens with one attached hydrogen (secondary N) is 2. The number of anilines is 1. The Kier molecular flexibility index (Phi) is 8.00. The number of ketones is 1. The van der Waals surface area contributed by atoms with Gasteiger partial charge in [-0.15, -0.1) is 0 Å². The smallest absolute Gasteiger partial charge is 0.294 e. The maximum absolute atomic E-state index is 13.6. The molecule has 2 amide bonds. The van der Waals surface area contributed by atoms with Gasteiger partial charge in [0, 0.05) is 29.7 Å². The van der Waals surface area contributed by atoms with E-state index in [1.807, 2.05) is 18.7 Å². The van der Waals surface area contributed by atoms with Crippen LogP contribution in [-0.2, 0) is 18.3 Å². The van der Waals surface area contributed by atoms with E-state index in [1.54, 1.807) is 31.5 Å². The Hall–Kier alpha value is -2.61. The molecule has 33 heavy (non-hydrogen) atoms. The maximum atomic E-state index is 13.6. The van der Waals surface area contributed by atoms with E-state index in [9.17, 15) is 18.8 Å². The van der Waals surface area contributed by atoms with E-state index in [1.165, 1.54) is 12.1 Å². The lowest BCUT2D eigenvalue weighted by molar-refractivity contribution is -0.117. The molecule has 2 N–H and O–H groups in total. The van der Waals surface area contributed by atoms with Crippen LogP contribution in [0.25, 0.3) is 0 Å². The van der Waals surface area contributed by atoms with Gasteiger partial charge in [0.15, 0.2) is 0 Å². The predicted molar refractivity (Wildman–Crippen MR) is 131 cm³/mol. The minimum Gasteiger partial charge on any atom is -0.346 e. The number of carbonyl (C=O) groups is 3. The van der Waals surface area contributed by atoms with Gasteiger partial charge in [-0.2, -0.15) is 11.8 Å². The third kappa shape index (κ3) is 5.32. The van der Waals surface area contributed by atoms with Crippen molar-refractivity contribution in [3.8, 4) is 0 Å². The standard InChI is InChI=1S/C25H32FN3O3S/c1-6-19-21(24(31)28-17-9-12-20(26)14(2)13-17)15(3)29(4)22(19)23(30)25(32)27-16-7-10-18(33-5)11-8-16/h9,12-13,16,18H,6-8,10-11H2,1-5H3,(H,27,32)(H,28,31). The van der Waals surface area contributed by atoms with Crippen LogP contribution >= 0.6 is 11.8 Å². The number of Topliss-reactive ketones (excluding diaryl/α,β-unsaturated/α-hetero) is 1. The van der Waals surface area contributed by atoms with Gasteiger partial charge >= 0.3 is 0 Å². The van der Waals surface area contributed by atoms with Gasteiger partial charge in [0.25, 0.3) is 17.6 Å². The highest BCUT2D eigenvalue weighted by Gasteiger charge is 2.31. The number of thioether (sulfide) groups is 1. The molecule has 0 bridgehead atoms. The molecular weight excluding hydrogens is 441 g/mol. The van der Waals surface area contributed by atoms with Crippen LogP contribution < -0.4 is 10.6 Å². The van der Waals surface area contributed by atoms with E-state index in [2.05, 4.69) is 16.9 Å². The zero-order valence-corrected chi connectivity index (χ0v) is 20.7. The van der Waals surface area contributed by atoms with Crippen LogP contribution in [0.15, 0.2) is 18.2 Å². The Morgan fingerprint density at radius 2 is 1.82 bits per heavy atom. The van der Waals surface area contributed by atoms with E-state index < -0.39 is 11.7 Å². The molecule has 1 fully saturated rings. The molecule has 1 aromatic carbocycles. The zero-order chi connectivity index (χ0) is 24.3. The summed E-state index contributed by atoms with van der Waals surface area (Å²) in [6, 6.07) is 4.36. The van der Waals surface area contributed by atoms with E-state index >= 15 is 0 Å². The number of carbonyl (C=O) groups excluding carboxylic acids is 3. The first-order valence-corrected chi connectivity index (χ1v) is 12.6. The van der Waals surface area contributed by atoms with Crippen molar-refractivity contribution in [2.45, 2.75) is 64.2 Å². The molecule has 1 aromatic heterocycles. The first-order valence-electron chi connectivity index (χ1n) is 11.3. The lowest BCUT2D eigenvalue weighted by Crippen LogP contribution is -2.42. The van der Waals surface area contributed by atoms with Gasteiger partial charge in [0.1, 0.15) is 5.82 Å². The summed E-state index contributed by atoms with van der Waals surface area (Å²) in [5.41, 5.74) is 2.64. The van der Waals surface area contributed by atoms with Gasteiger partial charge in [0.2, 0.25) is 0 Å². The summed E-state index contributed by atoms with van der Waals surface area (Å²) < 4.78 is 15.2. The summed E-state index contributed by atoms with van der Waals surface area (Å²) in [6.07, 6.45) is 6.29. The molecule has 1 aliphatic rings. The second kappa shape index (κ2) is 10.5. The van der Waals surface area contributed by atoms with Crippen LogP contribution in [-0.4, -0.2) is 39.7 Å². The summed E-state index contributed by atoms with van der Waals surface area (Å²) in [7, 11) is 1.69. The van der Waals surface area contributed by atoms with E-state index in [0.717, 1.165) is 25.7 Å². The number of aromatic nitrogens is 1. The molecule has 8 heteroatoms. The fraction of sp³-hybridized carbons (Fsp3) is 0.480. The van der Waals surface area contributed by atoms with Crippen molar-refractivity contribution < 1.29 is 18.8 Å². The third-order valence-corrected chi connectivity index (χ3v) is 7.69. The van der Waals surface area contributed by atoms with E-state index in [-0.39, 0.29) is 23.5 Å². The van der Waals surface area contributed by atoms with Crippen LogP contribution in [0, 0.1) is 19.7 Å². The normalized spacial score (nSPS) is 18.1. The topological polar surface area (TPSA) is 80.2 Å². The Balaban J connectivity index is 1.82. The molecule has 0 unspecified atom stereocenters. The predicted octanol–water partition coefficient (Wildman–Crippen LogP) is 4.57. The van der Waals surface area contributed by atoms with Crippen molar-refractivity contribution in [3.05, 3.63) is 52.1 Å². The highest BCUT2D eigenvalue weighted by molar-refractivity contribution is 7.99. The highest BCUT2D eigenvalue weighted by Crippen LogP contribution is 2.28. The van der Waals surface area contributed by atoms with Gasteiger partial charge in [-0.25, -0.2) is 4.39 Å². The number of hydrogen-bond donors (Lipinski definition) is 2. The van der Waals surface area contributed by atoms with Crippen LogP contribution in [0.3, 0.4) is 0 Å². The summed E-state index contributed by atoms with van der Waals surface area (Å²) in [4.78, 5) is 39.1. The molecule has 0 spiro atoms. The molecule has 0 atom stereocenters. The SMILES string of the molecule is CCc1c(C(=O)Nc2ccc(F)c(C)c2)c(C)n(C)c1C(=O)C(=O)NC1CCC(SC)CC1. The molecule has 3 rings (SSSR count). The lowest BCUT2D eigenvalue weighted by Gasteiger charge is -2.27. The Morgan fingerprint density at radius 3 is 2.39 bits per heavy atom. The first kappa shape index (κ1) is 25.0. The van der Waals surface area contributed by atoms with Gasteiger partial charge < -0.3 is 15.2 Å². The zero-order valence-electron chi connectivity index (χ0n) is 19.9. The maximum Gasteiger partial charge on any atom is 0.294 e. The molecule has 0 aliphatic heterocycles. The van der Waals surface area contributed by atoms with E-state index in [4.69, 9.17) is 0 Å². The van der Waals surface area contributed by atoms with Crippen LogP contribution in [0.2, 0.25) is 0 Å². The van der Waals surface area contributed by atoms with Gasteiger partial charge in [-0.05, 0) is 81.5 Å². The molecule has 1 saturated carbocycles. The molecule has 178 valence electrons. The number of amides is 2. The van der Waals surface area contributed by atoms with Crippen LogP contribution in [0.5, 0.6) is 0 Å². The Labute approximate surface area is 198 Å². The molecule has 6 nitrogen and oxygen atoms in total. The molecule has 0 radical (unpaired) electrons. The molecule has 0 saturated heterocycles. The fourth-order valence-corrected chi connectivity index (χ4v) is 5.27. The number of hydrogen-bond acceptors (Lipinski definition) is 4. The first-order chi connectivity index (χ1) is 15.7. The Bertz CT molecular complexity index is 1070. The Morgan fingerprint density at radius 1 is 1.15 bits per heavy atom. The molecule has 2 aromatic rings. The number of aryl methyl sites for hydroxylation is 1. The minimum absolute atomic E-state index is 0.000719. The average molecular weight is 474 g/mol. The fourth-order valence-electron chi connectivity index (χ4n) is 4.53. The second-order valence-corrected chi connectivity index (χ2v) is 9.77. The highest BCUT2D eigenvalue weighted by atomic mass is 32.2. The molecule has 1 heterocycles. The largest absolute Gasteiger partial charge is 0.346 e. The second-order valence-electron chi connectivity index (χ2n) is 8.63. The third-order valence-electron chi connectivity index (χ3n) is 6.55. The number of rotatable bonds is 7. The number of halogens is 1. The molecule has 1 aliphatic carbocycles. The van der Waals surface area contributed by atoms with Gasteiger partial charge in [0.05, 0.1) is 11.3 Å². The van der Waals surface area contributed by atoms with Crippen molar-refractivity contribution in [1.82, 2.24) is 9.88 Å². The van der Waals surface area contributed by atoms with Crippen molar-refractivity contribution in [2.75, 3.05) is 11.6 Å². The number of benzene rings is 1. The van der Waals surface area contributed by atoms with Crippen LogP contribution in [0.4, 0.5) is 10.1 Å². The minimum atomic E-state index is -0.626. The van der Waals surface area contributed by atoms with Crippen molar-refractivity contribution in [2.24, 2.45) is 7.05 Å². The number of nitrogens with zero attached hydrogens (tertiary/aromatic N) is 1. The summed E-state index contributed by atoms with van der Waals surface area (Å²) in [5, 5.41) is 6.31.